The fourth-order valence-electron chi connectivity index (χ4n) is 0. The first kappa shape index (κ1) is 306. The van der Waals surface area contributed by atoms with E-state index in [0.29, 0.717) is 0 Å². The zero-order valence-electron chi connectivity index (χ0n) is 2.36. The fraction of sp³-hybridized carbons (Fsp3) is 0. The molecule has 0 bridgehead atoms. The molecule has 3 radical (unpaired) electrons. The molecular formula is H7FO3Sb. The smallest absolute Gasteiger partial charge is 0 e. The summed E-state index contributed by atoms with van der Waals surface area (Å²) in [5, 5.41) is 0. The number of halogens is 1. The average molecular weight is 196 g/mol. The molecule has 5 heteroatoms. The third-order valence-electron chi connectivity index (χ3n) is 0. The summed E-state index contributed by atoms with van der Waals surface area (Å²) < 4.78 is 0. The zero-order valence-corrected chi connectivity index (χ0v) is 4.91. The van der Waals surface area contributed by atoms with Gasteiger partial charge in [-0.15, -0.1) is 0 Å². The molecule has 0 saturated heterocycles. The molecule has 0 fully saturated rings. The van der Waals surface area contributed by atoms with Crippen LogP contribution in [0.1, 0.15) is 0 Å². The molecule has 0 aliphatic rings. The second-order valence-electron chi connectivity index (χ2n) is 0. The summed E-state index contributed by atoms with van der Waals surface area (Å²) in [4.78, 5) is 0. The van der Waals surface area contributed by atoms with Crippen LogP contribution in [0, 0.1) is 0 Å². The van der Waals surface area contributed by atoms with Gasteiger partial charge >= 0.3 is 0 Å². The van der Waals surface area contributed by atoms with E-state index in [1.807, 2.05) is 0 Å². The summed E-state index contributed by atoms with van der Waals surface area (Å²) in [6.45, 7) is 0. The number of hydrogen-bond acceptors (Lipinski definition) is 0. The van der Waals surface area contributed by atoms with Gasteiger partial charge in [0.15, 0.2) is 0 Å². The Hall–Kier alpha value is 0.628. The van der Waals surface area contributed by atoms with Gasteiger partial charge in [-0.3, -0.25) is 4.70 Å². The Morgan fingerprint density at radius 3 is 0.600 bits per heavy atom. The predicted molar refractivity (Wildman–Crippen MR) is 19.1 cm³/mol. The molecule has 6 N–H and O–H groups in total. The van der Waals surface area contributed by atoms with Gasteiger partial charge < -0.3 is 16.4 Å². The van der Waals surface area contributed by atoms with Crippen molar-refractivity contribution in [2.45, 2.75) is 0 Å². The van der Waals surface area contributed by atoms with Crippen LogP contribution in [0.25, 0.3) is 0 Å². The first-order valence-electron chi connectivity index (χ1n) is 0. The number of rotatable bonds is 0. The van der Waals surface area contributed by atoms with Gasteiger partial charge in [0.25, 0.3) is 0 Å². The summed E-state index contributed by atoms with van der Waals surface area (Å²) in [6.07, 6.45) is 0. The SMILES string of the molecule is F.O.O.O.[Sb]. The Balaban J connectivity index is 0. The van der Waals surface area contributed by atoms with Crippen molar-refractivity contribution >= 4 is 24.4 Å². The van der Waals surface area contributed by atoms with Crippen molar-refractivity contribution in [3.63, 3.8) is 0 Å². The molecule has 3 nitrogen and oxygen atoms in total. The Kier molecular flexibility index (Phi) is 9430. The van der Waals surface area contributed by atoms with E-state index in [1.54, 1.807) is 0 Å². The zero-order chi connectivity index (χ0) is 0. The van der Waals surface area contributed by atoms with Crippen molar-refractivity contribution in [1.29, 1.82) is 0 Å². The average Bonchev–Trinajstić information content (AvgIpc) is 0. The van der Waals surface area contributed by atoms with E-state index in [-0.39, 0.29) is 45.6 Å². The van der Waals surface area contributed by atoms with E-state index >= 15 is 0 Å². The maximum atomic E-state index is 0. The Morgan fingerprint density at radius 1 is 0.600 bits per heavy atom. The van der Waals surface area contributed by atoms with Gasteiger partial charge in [0.1, 0.15) is 0 Å². The van der Waals surface area contributed by atoms with Crippen molar-refractivity contribution < 1.29 is 21.1 Å². The minimum absolute atomic E-state index is 0. The van der Waals surface area contributed by atoms with Crippen LogP contribution in [-0.2, 0) is 0 Å². The summed E-state index contributed by atoms with van der Waals surface area (Å²) in [5.41, 5.74) is 0. The minimum atomic E-state index is 0. The van der Waals surface area contributed by atoms with E-state index in [4.69, 9.17) is 0 Å². The van der Waals surface area contributed by atoms with Crippen LogP contribution >= 0.6 is 0 Å². The molecule has 0 aliphatic carbocycles. The first-order chi connectivity index (χ1) is 0. The summed E-state index contributed by atoms with van der Waals surface area (Å²) >= 11 is 0. The van der Waals surface area contributed by atoms with E-state index in [1.165, 1.54) is 0 Å². The monoisotopic (exact) mass is 195 g/mol. The summed E-state index contributed by atoms with van der Waals surface area (Å²) in [5.74, 6) is 0. The molecular weight excluding hydrogens is 189 g/mol. The molecule has 0 aromatic rings. The molecule has 0 heterocycles. The Morgan fingerprint density at radius 2 is 0.600 bits per heavy atom. The van der Waals surface area contributed by atoms with Crippen molar-refractivity contribution in [3.05, 3.63) is 0 Å². The van der Waals surface area contributed by atoms with Gasteiger partial charge in [-0.25, -0.2) is 0 Å². The molecule has 5 heavy (non-hydrogen) atoms. The quantitative estimate of drug-likeness (QED) is 0.376. The summed E-state index contributed by atoms with van der Waals surface area (Å²) in [7, 11) is 0. The van der Waals surface area contributed by atoms with Crippen molar-refractivity contribution in [3.8, 4) is 0 Å². The van der Waals surface area contributed by atoms with Crippen molar-refractivity contribution in [2.24, 2.45) is 0 Å². The molecule has 0 rings (SSSR count). The molecule has 0 aliphatic heterocycles. The Labute approximate surface area is 46.1 Å². The van der Waals surface area contributed by atoms with Crippen LogP contribution < -0.4 is 0 Å². The third kappa shape index (κ3) is 81.0. The summed E-state index contributed by atoms with van der Waals surface area (Å²) in [6, 6.07) is 0. The molecule has 0 saturated carbocycles. The van der Waals surface area contributed by atoms with E-state index in [9.17, 15) is 0 Å². The molecule has 0 aromatic heterocycles. The van der Waals surface area contributed by atoms with E-state index in [2.05, 4.69) is 0 Å². The maximum Gasteiger partial charge on any atom is 0 e. The standard InChI is InChI=1S/FH.3H2O.Sb/h1H;3*1H2;. The van der Waals surface area contributed by atoms with Crippen LogP contribution in [0.15, 0.2) is 0 Å². The second kappa shape index (κ2) is 154. The Bertz CT molecular complexity index is 6.85. The second-order valence-corrected chi connectivity index (χ2v) is 0. The van der Waals surface area contributed by atoms with Gasteiger partial charge in [0, 0.05) is 24.4 Å². The van der Waals surface area contributed by atoms with Crippen molar-refractivity contribution in [1.82, 2.24) is 0 Å². The largest absolute Gasteiger partial charge is 0.412 e. The first-order valence-corrected chi connectivity index (χ1v) is 0. The van der Waals surface area contributed by atoms with Crippen LogP contribution in [0.5, 0.6) is 0 Å². The topological polar surface area (TPSA) is 94.5 Å². The maximum absolute atomic E-state index is 0. The van der Waals surface area contributed by atoms with E-state index < -0.39 is 0 Å². The van der Waals surface area contributed by atoms with Gasteiger partial charge in [0.05, 0.1) is 0 Å². The molecule has 0 aromatic carbocycles. The molecule has 0 amide bonds. The van der Waals surface area contributed by atoms with E-state index in [0.717, 1.165) is 0 Å². The van der Waals surface area contributed by atoms with Gasteiger partial charge in [0.2, 0.25) is 0 Å². The fourth-order valence-corrected chi connectivity index (χ4v) is 0. The predicted octanol–water partition coefficient (Wildman–Crippen LogP) is -2.70. The van der Waals surface area contributed by atoms with Crippen LogP contribution in [0.4, 0.5) is 4.70 Å². The molecule has 0 unspecified atom stereocenters. The minimum Gasteiger partial charge on any atom is -0.412 e. The molecule has 0 spiro atoms. The van der Waals surface area contributed by atoms with Gasteiger partial charge in [-0.1, -0.05) is 0 Å². The van der Waals surface area contributed by atoms with Crippen LogP contribution in [0.2, 0.25) is 0 Å². The van der Waals surface area contributed by atoms with Crippen molar-refractivity contribution in [2.75, 3.05) is 0 Å². The van der Waals surface area contributed by atoms with Gasteiger partial charge in [-0.2, -0.15) is 0 Å². The normalized spacial score (nSPS) is 0. The van der Waals surface area contributed by atoms with Crippen LogP contribution in [0.3, 0.4) is 0 Å². The van der Waals surface area contributed by atoms with Gasteiger partial charge in [-0.05, 0) is 0 Å². The third-order valence-corrected chi connectivity index (χ3v) is 0. The molecule has 0 atom stereocenters. The molecule has 37 valence electrons. The number of hydrogen-bond donors (Lipinski definition) is 0. The van der Waals surface area contributed by atoms with Crippen LogP contribution in [-0.4, -0.2) is 40.9 Å².